The van der Waals surface area contributed by atoms with Crippen LogP contribution in [0.1, 0.15) is 100 Å². The van der Waals surface area contributed by atoms with Crippen LogP contribution in [0.3, 0.4) is 0 Å². The fourth-order valence-corrected chi connectivity index (χ4v) is 16.6. The van der Waals surface area contributed by atoms with E-state index in [1.54, 1.807) is 39.0 Å². The van der Waals surface area contributed by atoms with Gasteiger partial charge >= 0.3 is 16.4 Å². The standard InChI is InChI=1S/C54H86O27S/c1-23-39(77-45-38(64)41(33(59)27(21-56)75-45)78-44-37(63)40(71-9)32(58)26(20-55)74-44)35(61)36(62)43(73-23)79-42-34(60)28(81-82(68,69)70)22-72-46(42)76-31-13-16-50(6)25-19-30(57)54-47(65)80-52(8,15-10-14-48(2,3)66)53(54,67)18-17-51(54,7)24(25)11-12-29(50)49(31,4)5/h10,14,19,23-24,26-46,55-64,66-67H,11-13,15-18,20-22H2,1-9H3,(H,68,69,70)/b14-10+/t23-,24-,26-,27-,28-,29+,30+,31+,32-,33-,34+,35-,36-,37-,38-,39-,40+,41+,42-,43+,44+,45+,46+,50-,51+,52+,53+,54-/m1/s1. The lowest BCUT2D eigenvalue weighted by molar-refractivity contribution is -0.389. The third kappa shape index (κ3) is 10.5. The molecule has 1 spiro atoms. The maximum absolute atomic E-state index is 14.5. The molecule has 5 aliphatic heterocycles. The van der Waals surface area contributed by atoms with Crippen LogP contribution in [0, 0.1) is 33.5 Å². The third-order valence-corrected chi connectivity index (χ3v) is 20.9. The van der Waals surface area contributed by atoms with E-state index < -0.39 is 204 Å². The van der Waals surface area contributed by atoms with Crippen molar-refractivity contribution < 1.29 is 131 Å². The van der Waals surface area contributed by atoms with Gasteiger partial charge < -0.3 is 109 Å². The van der Waals surface area contributed by atoms with Gasteiger partial charge in [0.2, 0.25) is 0 Å². The van der Waals surface area contributed by atoms with Crippen LogP contribution in [0.4, 0.5) is 0 Å². The average molecular weight is 1200 g/mol. The third-order valence-electron chi connectivity index (χ3n) is 20.4. The predicted molar refractivity (Wildman–Crippen MR) is 275 cm³/mol. The number of hydrogen-bond donors (Lipinski definition) is 13. The molecule has 28 heteroatoms. The minimum absolute atomic E-state index is 0.109. The van der Waals surface area contributed by atoms with Crippen LogP contribution in [0.2, 0.25) is 0 Å². The van der Waals surface area contributed by atoms with E-state index in [9.17, 15) is 79.0 Å². The molecule has 82 heavy (non-hydrogen) atoms. The summed E-state index contributed by atoms with van der Waals surface area (Å²) in [6.45, 7) is 12.2. The number of rotatable bonds is 16. The summed E-state index contributed by atoms with van der Waals surface area (Å²) in [5, 5.41) is 135. The van der Waals surface area contributed by atoms with E-state index in [0.29, 0.717) is 32.1 Å². The Morgan fingerprint density at radius 2 is 1.30 bits per heavy atom. The van der Waals surface area contributed by atoms with Crippen LogP contribution in [0.25, 0.3) is 0 Å². The molecular weight excluding hydrogens is 1110 g/mol. The lowest BCUT2D eigenvalue weighted by Gasteiger charge is -2.64. The molecule has 0 aromatic rings. The Morgan fingerprint density at radius 3 is 1.90 bits per heavy atom. The molecule has 27 nitrogen and oxygen atoms in total. The minimum Gasteiger partial charge on any atom is -0.455 e. The average Bonchev–Trinajstić information content (AvgIpc) is 1.87. The maximum atomic E-state index is 14.5. The highest BCUT2D eigenvalue weighted by atomic mass is 32.3. The van der Waals surface area contributed by atoms with Gasteiger partial charge in [0.1, 0.15) is 102 Å². The van der Waals surface area contributed by atoms with Crippen molar-refractivity contribution in [1.82, 2.24) is 0 Å². The first-order valence-electron chi connectivity index (χ1n) is 28.2. The van der Waals surface area contributed by atoms with Crippen LogP contribution in [-0.4, -0.2) is 253 Å². The van der Waals surface area contributed by atoms with Gasteiger partial charge in [-0.2, -0.15) is 8.42 Å². The van der Waals surface area contributed by atoms with Gasteiger partial charge in [-0.3, -0.25) is 9.35 Å². The topological polar surface area (TPSA) is 416 Å². The number of ether oxygens (including phenoxy) is 10. The van der Waals surface area contributed by atoms with Gasteiger partial charge in [-0.15, -0.1) is 0 Å². The number of fused-ring (bicyclic) bond motifs is 4. The highest BCUT2D eigenvalue weighted by Crippen LogP contribution is 2.77. The molecule has 3 saturated carbocycles. The van der Waals surface area contributed by atoms with E-state index in [-0.39, 0.29) is 24.7 Å². The fraction of sp³-hybridized carbons (Fsp3) is 0.907. The van der Waals surface area contributed by atoms with Crippen molar-refractivity contribution in [3.63, 3.8) is 0 Å². The molecule has 9 rings (SSSR count). The van der Waals surface area contributed by atoms with Crippen LogP contribution in [0.15, 0.2) is 23.8 Å². The number of carbonyl (C=O) groups excluding carboxylic acids is 1. The molecule has 13 N–H and O–H groups in total. The SMILES string of the molecule is CO[C@@H]1[C@@H](O)[C@H](O[C@@H]2[C@@H](O)[C@H](O[C@H]3[C@H](O)[C@@H](O)[C@H](O[C@H]4[C@H](O[C@H]5CC[C@]6(C)C7=C[C@H](O)[C@]89C(=O)O[C@@](C)(C/C=C/C(C)(C)O)[C@@]8(O)CC[C@@]9(C)[C@@H]7CC[C@H]6C5(C)C)OC[C@@H](OS(=O)(=O)O)[C@@H]4O)O[C@@H]3C)O[C@H](CO)[C@H]2O)O[C@H](CO)[C@H]1O. The zero-order chi connectivity index (χ0) is 60.4. The molecule has 0 bridgehead atoms. The summed E-state index contributed by atoms with van der Waals surface area (Å²) in [6, 6.07) is 0. The molecule has 0 amide bonds. The second-order valence-electron chi connectivity index (χ2n) is 26.0. The van der Waals surface area contributed by atoms with Gasteiger partial charge in [-0.25, -0.2) is 4.18 Å². The molecular formula is C54H86O27S. The zero-order valence-electron chi connectivity index (χ0n) is 47.5. The van der Waals surface area contributed by atoms with Gasteiger partial charge in [-0.1, -0.05) is 51.5 Å². The summed E-state index contributed by atoms with van der Waals surface area (Å²) in [5.41, 5.74) is -7.26. The Balaban J connectivity index is 0.914. The van der Waals surface area contributed by atoms with Crippen molar-refractivity contribution in [1.29, 1.82) is 0 Å². The fourth-order valence-electron chi connectivity index (χ4n) is 16.1. The maximum Gasteiger partial charge on any atom is 0.397 e. The van der Waals surface area contributed by atoms with Crippen molar-refractivity contribution in [2.45, 2.75) is 246 Å². The second-order valence-corrected chi connectivity index (χ2v) is 27.0. The van der Waals surface area contributed by atoms with Crippen LogP contribution < -0.4 is 0 Å². The van der Waals surface area contributed by atoms with Crippen molar-refractivity contribution in [3.05, 3.63) is 23.8 Å². The molecule has 8 fully saturated rings. The molecule has 0 radical (unpaired) electrons. The van der Waals surface area contributed by atoms with Crippen LogP contribution >= 0.6 is 0 Å². The first-order valence-corrected chi connectivity index (χ1v) is 29.6. The van der Waals surface area contributed by atoms with Gasteiger partial charge in [0, 0.05) is 13.5 Å². The number of aliphatic hydroxyl groups is 12. The molecule has 0 unspecified atom stereocenters. The second kappa shape index (κ2) is 22.8. The molecule has 9 aliphatic rings. The van der Waals surface area contributed by atoms with Crippen LogP contribution in [0.5, 0.6) is 0 Å². The van der Waals surface area contributed by atoms with E-state index in [1.807, 2.05) is 20.8 Å². The van der Waals surface area contributed by atoms with Gasteiger partial charge in [0.15, 0.2) is 25.2 Å². The van der Waals surface area contributed by atoms with E-state index in [0.717, 1.165) is 5.57 Å². The van der Waals surface area contributed by atoms with Gasteiger partial charge in [0.25, 0.3) is 0 Å². The first-order chi connectivity index (χ1) is 38.1. The Labute approximate surface area is 475 Å². The molecule has 470 valence electrons. The van der Waals surface area contributed by atoms with Crippen molar-refractivity contribution in [2.24, 2.45) is 33.5 Å². The van der Waals surface area contributed by atoms with E-state index in [1.165, 1.54) is 14.0 Å². The predicted octanol–water partition coefficient (Wildman–Crippen LogP) is -2.50. The highest BCUT2D eigenvalue weighted by Gasteiger charge is 2.85. The lowest BCUT2D eigenvalue weighted by Crippen LogP contribution is -2.68. The van der Waals surface area contributed by atoms with Gasteiger partial charge in [-0.05, 0) is 94.3 Å². The number of hydrogen-bond acceptors (Lipinski definition) is 26. The molecule has 5 saturated heterocycles. The zero-order valence-corrected chi connectivity index (χ0v) is 48.3. The monoisotopic (exact) mass is 1200 g/mol. The first kappa shape index (κ1) is 64.5. The molecule has 28 atom stereocenters. The van der Waals surface area contributed by atoms with Crippen LogP contribution in [-0.2, 0) is 66.7 Å². The summed E-state index contributed by atoms with van der Waals surface area (Å²) in [4.78, 5) is 14.5. The smallest absolute Gasteiger partial charge is 0.397 e. The minimum atomic E-state index is -5.20. The Morgan fingerprint density at radius 1 is 0.720 bits per heavy atom. The number of cyclic esters (lactones) is 1. The molecule has 0 aromatic heterocycles. The van der Waals surface area contributed by atoms with Gasteiger partial charge in [0.05, 0.1) is 43.7 Å². The summed E-state index contributed by atoms with van der Waals surface area (Å²) in [6.07, 6.45) is -26.7. The number of esters is 1. The summed E-state index contributed by atoms with van der Waals surface area (Å²) in [5.74, 6) is -1.05. The summed E-state index contributed by atoms with van der Waals surface area (Å²) in [7, 11) is -4.02. The van der Waals surface area contributed by atoms with Crippen molar-refractivity contribution in [3.8, 4) is 0 Å². The number of carbonyl (C=O) groups is 1. The quantitative estimate of drug-likeness (QED) is 0.0329. The highest BCUT2D eigenvalue weighted by molar-refractivity contribution is 7.80. The molecule has 5 heterocycles. The Kier molecular flexibility index (Phi) is 18.0. The Bertz CT molecular complexity index is 2480. The molecule has 4 aliphatic carbocycles. The molecule has 0 aromatic carbocycles. The van der Waals surface area contributed by atoms with Crippen molar-refractivity contribution in [2.75, 3.05) is 26.9 Å². The van der Waals surface area contributed by atoms with E-state index in [2.05, 4.69) is 6.92 Å². The number of aliphatic hydroxyl groups excluding tert-OH is 10. The normalized spacial score (nSPS) is 51.4. The Hall–Kier alpha value is -2.02. The summed E-state index contributed by atoms with van der Waals surface area (Å²) < 4.78 is 97.7. The van der Waals surface area contributed by atoms with Crippen molar-refractivity contribution >= 4 is 16.4 Å². The summed E-state index contributed by atoms with van der Waals surface area (Å²) >= 11 is 0. The van der Waals surface area contributed by atoms with E-state index >= 15 is 0 Å². The lowest BCUT2D eigenvalue weighted by atomic mass is 9.40. The number of allylic oxidation sites excluding steroid dienone is 1. The van der Waals surface area contributed by atoms with E-state index in [4.69, 9.17) is 51.6 Å². The number of methoxy groups -OCH3 is 1. The largest absolute Gasteiger partial charge is 0.455 e.